The molecular formula is H3MoNiO2Sc. The second-order valence-electron chi connectivity index (χ2n) is 0.105. The minimum absolute atomic E-state index is 0. The first kappa shape index (κ1) is 15.8. The Morgan fingerprint density at radius 2 is 1.60 bits per heavy atom. The Labute approximate surface area is 60.2 Å². The molecule has 0 atom stereocenters. The van der Waals surface area contributed by atoms with Gasteiger partial charge in [0.05, 0.1) is 0 Å². The zero-order valence-electron chi connectivity index (χ0n) is 2.25. The minimum atomic E-state index is -0.678. The molecule has 0 bridgehead atoms. The Morgan fingerprint density at radius 3 is 1.60 bits per heavy atom. The third-order valence-electron chi connectivity index (χ3n) is 0. The Kier molecular flexibility index (Phi) is 52.7. The van der Waals surface area contributed by atoms with Crippen LogP contribution in [0.25, 0.3) is 0 Å². The average molecular weight is 235 g/mol. The van der Waals surface area contributed by atoms with Crippen molar-refractivity contribution in [2.45, 2.75) is 0 Å². The summed E-state index contributed by atoms with van der Waals surface area (Å²) >= 11 is 1.10. The van der Waals surface area contributed by atoms with E-state index in [1.807, 2.05) is 0 Å². The normalized spacial score (nSPS) is 1.80. The molecule has 5 heavy (non-hydrogen) atoms. The maximum absolute atomic E-state index is 7.73. The predicted molar refractivity (Wildman–Crippen MR) is 5.83 cm³/mol. The van der Waals surface area contributed by atoms with Crippen molar-refractivity contribution >= 4 is 0 Å². The van der Waals surface area contributed by atoms with Crippen LogP contribution < -0.4 is 0 Å². The molecule has 2 nitrogen and oxygen atoms in total. The monoisotopic (exact) mass is 236 g/mol. The Balaban J connectivity index is -0.0000000200. The summed E-state index contributed by atoms with van der Waals surface area (Å²) in [5.41, 5.74) is 0. The van der Waals surface area contributed by atoms with Gasteiger partial charge in [-0.25, -0.2) is 0 Å². The van der Waals surface area contributed by atoms with Gasteiger partial charge in [0.2, 0.25) is 0 Å². The summed E-state index contributed by atoms with van der Waals surface area (Å²) in [5.74, 6) is 0. The summed E-state index contributed by atoms with van der Waals surface area (Å²) in [6.45, 7) is 0. The molecule has 0 fully saturated rings. The maximum atomic E-state index is 7.73. The molecule has 0 aromatic heterocycles. The van der Waals surface area contributed by atoms with Gasteiger partial charge < -0.3 is 5.48 Å². The SMILES string of the molecule is O.[Ni].[OH][Sc][Mo]. The third-order valence-corrected chi connectivity index (χ3v) is 0. The molecule has 0 unspecified atom stereocenters. The van der Waals surface area contributed by atoms with E-state index in [-0.39, 0.29) is 22.0 Å². The van der Waals surface area contributed by atoms with Crippen LogP contribution in [0.2, 0.25) is 0 Å². The average Bonchev–Trinajstić information content (AvgIpc) is 0.918. The van der Waals surface area contributed by atoms with Crippen LogP contribution in [0.3, 0.4) is 0 Å². The van der Waals surface area contributed by atoms with Crippen molar-refractivity contribution in [3.05, 3.63) is 0 Å². The first-order valence-corrected chi connectivity index (χ1v) is 6.81. The van der Waals surface area contributed by atoms with Gasteiger partial charge in [-0.2, -0.15) is 0 Å². The van der Waals surface area contributed by atoms with Crippen molar-refractivity contribution in [3.8, 4) is 0 Å². The first-order valence-electron chi connectivity index (χ1n) is 0.494. The van der Waals surface area contributed by atoms with Crippen LogP contribution in [0.5, 0.6) is 0 Å². The molecule has 0 rings (SSSR count). The van der Waals surface area contributed by atoms with Gasteiger partial charge in [-0.1, -0.05) is 0 Å². The van der Waals surface area contributed by atoms with Gasteiger partial charge in [0.1, 0.15) is 0 Å². The van der Waals surface area contributed by atoms with Crippen molar-refractivity contribution in [2.24, 2.45) is 0 Å². The fourth-order valence-electron chi connectivity index (χ4n) is 0. The topological polar surface area (TPSA) is 51.7 Å². The molecule has 0 saturated heterocycles. The molecule has 0 aliphatic heterocycles. The number of hydrogen-bond donors (Lipinski definition) is 1. The number of hydrogen-bond acceptors (Lipinski definition) is 1. The number of rotatable bonds is 0. The molecule has 0 radical (unpaired) electrons. The van der Waals surface area contributed by atoms with Crippen LogP contribution in [0.1, 0.15) is 0 Å². The summed E-state index contributed by atoms with van der Waals surface area (Å²) in [6.07, 6.45) is 0. The Hall–Kier alpha value is 1.97. The quantitative estimate of drug-likeness (QED) is 0.516. The molecule has 0 aliphatic carbocycles. The van der Waals surface area contributed by atoms with Crippen molar-refractivity contribution < 1.29 is 60.8 Å². The third kappa shape index (κ3) is 24.2. The van der Waals surface area contributed by atoms with E-state index in [0.717, 1.165) is 0 Å². The van der Waals surface area contributed by atoms with Crippen LogP contribution in [0, 0.1) is 0 Å². The van der Waals surface area contributed by atoms with Crippen LogP contribution in [-0.2, 0) is 52.1 Å². The molecule has 0 aromatic rings. The van der Waals surface area contributed by atoms with E-state index in [1.54, 1.807) is 15.7 Å². The molecule has 0 amide bonds. The molecule has 5 heteroatoms. The van der Waals surface area contributed by atoms with Gasteiger partial charge >= 0.3 is 38.9 Å². The Bertz CT molecular complexity index is 9.61. The predicted octanol–water partition coefficient (Wildman–Crippen LogP) is -1.39. The van der Waals surface area contributed by atoms with E-state index in [2.05, 4.69) is 0 Å². The van der Waals surface area contributed by atoms with E-state index in [1.165, 1.54) is 0 Å². The van der Waals surface area contributed by atoms with Crippen molar-refractivity contribution in [2.75, 3.05) is 0 Å². The summed E-state index contributed by atoms with van der Waals surface area (Å²) in [6, 6.07) is 0. The summed E-state index contributed by atoms with van der Waals surface area (Å²) in [7, 11) is 0. The van der Waals surface area contributed by atoms with Crippen LogP contribution >= 0.6 is 0 Å². The summed E-state index contributed by atoms with van der Waals surface area (Å²) in [4.78, 5) is 0. The van der Waals surface area contributed by atoms with Gasteiger partial charge in [-0.3, -0.25) is 0 Å². The second kappa shape index (κ2) is 16.7. The van der Waals surface area contributed by atoms with Gasteiger partial charge in [-0.15, -0.1) is 0 Å². The molecule has 0 heterocycles. The van der Waals surface area contributed by atoms with Gasteiger partial charge in [0.25, 0.3) is 0 Å². The van der Waals surface area contributed by atoms with Crippen molar-refractivity contribution in [1.29, 1.82) is 0 Å². The fourth-order valence-corrected chi connectivity index (χ4v) is 0. The molecule has 0 saturated carbocycles. The molecule has 3 N–H and O–H groups in total. The Morgan fingerprint density at radius 1 is 1.60 bits per heavy atom. The van der Waals surface area contributed by atoms with Gasteiger partial charge in [0.15, 0.2) is 0 Å². The fraction of sp³-hybridized carbons (Fsp3) is 0. The molecule has 0 spiro atoms. The molecule has 34 valence electrons. The van der Waals surface area contributed by atoms with E-state index >= 15 is 0 Å². The zero-order chi connectivity index (χ0) is 2.71. The van der Waals surface area contributed by atoms with E-state index in [0.29, 0.717) is 0 Å². The van der Waals surface area contributed by atoms with Gasteiger partial charge in [-0.05, 0) is 0 Å². The molecule has 0 aliphatic rings. The van der Waals surface area contributed by atoms with Gasteiger partial charge in [0, 0.05) is 16.5 Å². The van der Waals surface area contributed by atoms with Crippen LogP contribution in [0.15, 0.2) is 0 Å². The molecular weight excluding hydrogens is 232 g/mol. The second-order valence-corrected chi connectivity index (χ2v) is 2.57. The summed E-state index contributed by atoms with van der Waals surface area (Å²) < 4.78 is 7.73. The molecule has 0 aromatic carbocycles. The van der Waals surface area contributed by atoms with Crippen molar-refractivity contribution in [3.63, 3.8) is 0 Å². The van der Waals surface area contributed by atoms with E-state index < -0.39 is 20.0 Å². The zero-order valence-corrected chi connectivity index (χ0v) is 7.05. The van der Waals surface area contributed by atoms with E-state index in [9.17, 15) is 0 Å². The first-order chi connectivity index (χ1) is 1.41. The standard InChI is InChI=1S/Mo.Ni.2H2O.Sc/h;;2*1H2;/q;;;;+1/p-1. The summed E-state index contributed by atoms with van der Waals surface area (Å²) in [5, 5.41) is 0. The van der Waals surface area contributed by atoms with E-state index in [4.69, 9.17) is 3.22 Å². The van der Waals surface area contributed by atoms with Crippen LogP contribution in [0.4, 0.5) is 0 Å². The van der Waals surface area contributed by atoms with Crippen LogP contribution in [-0.4, -0.2) is 8.70 Å². The van der Waals surface area contributed by atoms with Crippen molar-refractivity contribution in [1.82, 2.24) is 0 Å².